The summed E-state index contributed by atoms with van der Waals surface area (Å²) in [5, 5.41) is 14.9. The Bertz CT molecular complexity index is 1720. The van der Waals surface area contributed by atoms with E-state index >= 15 is 0 Å². The Labute approximate surface area is 255 Å². The summed E-state index contributed by atoms with van der Waals surface area (Å²) in [7, 11) is 0. The van der Waals surface area contributed by atoms with Crippen molar-refractivity contribution in [3.05, 3.63) is 142 Å². The highest BCUT2D eigenvalue weighted by Crippen LogP contribution is 2.29. The fourth-order valence-corrected chi connectivity index (χ4v) is 4.76. The van der Waals surface area contributed by atoms with Gasteiger partial charge in [0.05, 0.1) is 0 Å². The number of hydrogen-bond donors (Lipinski definition) is 1. The molecule has 0 fully saturated rings. The number of fused-ring (bicyclic) bond motifs is 2. The van der Waals surface area contributed by atoms with Crippen molar-refractivity contribution in [3.8, 4) is 11.5 Å². The van der Waals surface area contributed by atoms with Crippen LogP contribution in [0.3, 0.4) is 0 Å². The zero-order valence-corrected chi connectivity index (χ0v) is 25.0. The molecule has 0 saturated heterocycles. The van der Waals surface area contributed by atoms with E-state index in [-0.39, 0.29) is 0 Å². The maximum absolute atomic E-state index is 9.50. The summed E-state index contributed by atoms with van der Waals surface area (Å²) in [4.78, 5) is 7.76. The predicted molar refractivity (Wildman–Crippen MR) is 171 cm³/mol. The van der Waals surface area contributed by atoms with Crippen molar-refractivity contribution in [3.63, 3.8) is 0 Å². The van der Waals surface area contributed by atoms with Gasteiger partial charge in [0, 0.05) is 29.0 Å². The maximum Gasteiger partial charge on any atom is 0.129 e. The third kappa shape index (κ3) is 8.34. The van der Waals surface area contributed by atoms with Crippen molar-refractivity contribution >= 4 is 56.3 Å². The van der Waals surface area contributed by atoms with Crippen LogP contribution in [0.5, 0.6) is 11.5 Å². The second-order valence-corrected chi connectivity index (χ2v) is 10.3. The highest BCUT2D eigenvalue weighted by Gasteiger charge is 2.05. The molecule has 0 aliphatic rings. The van der Waals surface area contributed by atoms with Gasteiger partial charge in [-0.2, -0.15) is 0 Å². The first kappa shape index (κ1) is 30.1. The largest absolute Gasteiger partial charge is 0.507 e. The van der Waals surface area contributed by atoms with Crippen molar-refractivity contribution < 1.29 is 9.84 Å². The highest BCUT2D eigenvalue weighted by molar-refractivity contribution is 6.29. The third-order valence-electron chi connectivity index (χ3n) is 6.35. The topological polar surface area (TPSA) is 55.2 Å². The van der Waals surface area contributed by atoms with Crippen molar-refractivity contribution in [2.75, 3.05) is 0 Å². The average molecular weight is 604 g/mol. The Morgan fingerprint density at radius 1 is 0.634 bits per heavy atom. The monoisotopic (exact) mass is 602 g/mol. The molecular formula is C34H29Cl3N2O2. The Kier molecular flexibility index (Phi) is 10.8. The zero-order valence-electron chi connectivity index (χ0n) is 22.7. The van der Waals surface area contributed by atoms with Gasteiger partial charge >= 0.3 is 0 Å². The summed E-state index contributed by atoms with van der Waals surface area (Å²) in [6, 6.07) is 31.2. The number of phenols is 1. The number of alkyl halides is 1. The van der Waals surface area contributed by atoms with Crippen molar-refractivity contribution in [1.29, 1.82) is 0 Å². The van der Waals surface area contributed by atoms with Crippen LogP contribution in [0.4, 0.5) is 0 Å². The molecule has 4 nitrogen and oxygen atoms in total. The maximum atomic E-state index is 9.50. The SMILES string of the molecule is Cc1ccc(O)c2ccccc12.Cc1ccc(OCc2ccnc(Cl)c2)c2ccccc12.ClCc1ccnc(Cl)c1. The lowest BCUT2D eigenvalue weighted by molar-refractivity contribution is 0.310. The van der Waals surface area contributed by atoms with Crippen LogP contribution in [0.15, 0.2) is 109 Å². The van der Waals surface area contributed by atoms with Crippen LogP contribution in [-0.4, -0.2) is 15.1 Å². The van der Waals surface area contributed by atoms with Crippen LogP contribution < -0.4 is 4.74 Å². The lowest BCUT2D eigenvalue weighted by atomic mass is 10.0. The third-order valence-corrected chi connectivity index (χ3v) is 7.07. The van der Waals surface area contributed by atoms with Crippen LogP contribution in [0.25, 0.3) is 21.5 Å². The fourth-order valence-electron chi connectivity index (χ4n) is 4.20. The number of aryl methyl sites for hydroxylation is 2. The molecule has 2 heterocycles. The van der Waals surface area contributed by atoms with Gasteiger partial charge in [0.1, 0.15) is 28.4 Å². The first-order valence-electron chi connectivity index (χ1n) is 12.9. The van der Waals surface area contributed by atoms with Crippen LogP contribution in [-0.2, 0) is 12.5 Å². The Balaban J connectivity index is 0.000000156. The highest BCUT2D eigenvalue weighted by atomic mass is 35.5. The summed E-state index contributed by atoms with van der Waals surface area (Å²) >= 11 is 16.9. The van der Waals surface area contributed by atoms with Gasteiger partial charge in [-0.05, 0) is 83.3 Å². The van der Waals surface area contributed by atoms with Crippen LogP contribution in [0.1, 0.15) is 22.3 Å². The van der Waals surface area contributed by atoms with Gasteiger partial charge in [0.25, 0.3) is 0 Å². The molecule has 0 bridgehead atoms. The Morgan fingerprint density at radius 2 is 1.15 bits per heavy atom. The van der Waals surface area contributed by atoms with Gasteiger partial charge in [-0.25, -0.2) is 9.97 Å². The predicted octanol–water partition coefficient (Wildman–Crippen LogP) is 10.1. The lowest BCUT2D eigenvalue weighted by Crippen LogP contribution is -1.97. The molecule has 6 aromatic rings. The van der Waals surface area contributed by atoms with E-state index in [4.69, 9.17) is 39.5 Å². The second-order valence-electron chi connectivity index (χ2n) is 9.27. The lowest BCUT2D eigenvalue weighted by Gasteiger charge is -2.11. The summed E-state index contributed by atoms with van der Waals surface area (Å²) < 4.78 is 5.93. The van der Waals surface area contributed by atoms with Gasteiger partial charge in [-0.15, -0.1) is 11.6 Å². The Morgan fingerprint density at radius 3 is 1.71 bits per heavy atom. The van der Waals surface area contributed by atoms with Crippen molar-refractivity contribution in [1.82, 2.24) is 9.97 Å². The molecule has 41 heavy (non-hydrogen) atoms. The molecule has 0 spiro atoms. The van der Waals surface area contributed by atoms with E-state index < -0.39 is 0 Å². The summed E-state index contributed by atoms with van der Waals surface area (Å²) in [6.07, 6.45) is 3.33. The second kappa shape index (κ2) is 14.7. The normalized spacial score (nSPS) is 10.4. The molecule has 0 aliphatic carbocycles. The molecule has 0 aliphatic heterocycles. The first-order valence-corrected chi connectivity index (χ1v) is 14.2. The molecule has 0 radical (unpaired) electrons. The van der Waals surface area contributed by atoms with Gasteiger partial charge < -0.3 is 9.84 Å². The molecule has 4 aromatic carbocycles. The van der Waals surface area contributed by atoms with E-state index in [1.165, 1.54) is 16.5 Å². The molecular weight excluding hydrogens is 575 g/mol. The zero-order chi connectivity index (χ0) is 29.2. The minimum absolute atomic E-state index is 0.358. The van der Waals surface area contributed by atoms with E-state index in [9.17, 15) is 5.11 Å². The van der Waals surface area contributed by atoms with Gasteiger partial charge in [-0.3, -0.25) is 0 Å². The minimum atomic E-state index is 0.358. The van der Waals surface area contributed by atoms with E-state index in [1.54, 1.807) is 24.5 Å². The molecule has 0 unspecified atom stereocenters. The number of nitrogens with zero attached hydrogens (tertiary/aromatic N) is 2. The molecule has 0 atom stereocenters. The number of pyridine rings is 2. The van der Waals surface area contributed by atoms with Crippen LogP contribution >= 0.6 is 34.8 Å². The van der Waals surface area contributed by atoms with Crippen LogP contribution in [0.2, 0.25) is 10.3 Å². The average Bonchev–Trinajstić information content (AvgIpc) is 3.00. The van der Waals surface area contributed by atoms with Gasteiger partial charge in [-0.1, -0.05) is 83.9 Å². The van der Waals surface area contributed by atoms with Crippen molar-refractivity contribution in [2.45, 2.75) is 26.3 Å². The standard InChI is InChI=1S/C17H14ClNO.C11H10O.C6H5Cl2N/c1-12-6-7-16(15-5-3-2-4-14(12)15)20-11-13-8-9-19-17(18)10-13;1-8-6-7-11(12)10-5-3-2-4-9(8)10;7-4-5-1-2-9-6(8)3-5/h2-10H,11H2,1H3;2-7,12H,1H3;1-3H,4H2. The van der Waals surface area contributed by atoms with E-state index in [2.05, 4.69) is 35.1 Å². The first-order chi connectivity index (χ1) is 19.9. The molecule has 208 valence electrons. The van der Waals surface area contributed by atoms with Crippen molar-refractivity contribution in [2.24, 2.45) is 0 Å². The number of ether oxygens (including phenoxy) is 1. The van der Waals surface area contributed by atoms with Gasteiger partial charge in [0.2, 0.25) is 0 Å². The fraction of sp³-hybridized carbons (Fsp3) is 0.118. The van der Waals surface area contributed by atoms with E-state index in [1.807, 2.05) is 73.7 Å². The van der Waals surface area contributed by atoms with E-state index in [0.717, 1.165) is 33.0 Å². The van der Waals surface area contributed by atoms with Crippen LogP contribution in [0, 0.1) is 13.8 Å². The molecule has 0 saturated carbocycles. The summed E-state index contributed by atoms with van der Waals surface area (Å²) in [5.74, 6) is 1.73. The molecule has 1 N–H and O–H groups in total. The minimum Gasteiger partial charge on any atom is -0.507 e. The Hall–Kier alpha value is -3.83. The number of rotatable bonds is 4. The number of halogens is 3. The molecule has 6 rings (SSSR count). The number of aromatic hydroxyl groups is 1. The smallest absolute Gasteiger partial charge is 0.129 e. The van der Waals surface area contributed by atoms with E-state index in [0.29, 0.717) is 28.5 Å². The number of phenolic OH excluding ortho intramolecular Hbond substituents is 1. The summed E-state index contributed by atoms with van der Waals surface area (Å²) in [5.41, 5.74) is 4.45. The molecule has 2 aromatic heterocycles. The number of hydrogen-bond acceptors (Lipinski definition) is 4. The number of benzene rings is 4. The molecule has 0 amide bonds. The number of aromatic nitrogens is 2. The molecule has 7 heteroatoms. The quantitative estimate of drug-likeness (QED) is 0.161. The van der Waals surface area contributed by atoms with Gasteiger partial charge in [0.15, 0.2) is 0 Å². The summed E-state index contributed by atoms with van der Waals surface area (Å²) in [6.45, 7) is 4.63.